The molecule has 0 saturated carbocycles. The van der Waals surface area contributed by atoms with Gasteiger partial charge < -0.3 is 19.3 Å². The third-order valence-corrected chi connectivity index (χ3v) is 5.95. The van der Waals surface area contributed by atoms with E-state index in [0.29, 0.717) is 43.4 Å². The molecule has 0 bridgehead atoms. The number of ether oxygens (including phenoxy) is 2. The zero-order chi connectivity index (χ0) is 22.5. The lowest BCUT2D eigenvalue weighted by Crippen LogP contribution is -2.51. The van der Waals surface area contributed by atoms with Gasteiger partial charge in [0.15, 0.2) is 0 Å². The molecule has 0 unspecified atom stereocenters. The fraction of sp³-hybridized carbons (Fsp3) is 0.435. The lowest BCUT2D eigenvalue weighted by Gasteiger charge is -2.35. The first-order valence-electron chi connectivity index (χ1n) is 10.8. The number of rotatable bonds is 7. The van der Waals surface area contributed by atoms with E-state index < -0.39 is 0 Å². The van der Waals surface area contributed by atoms with E-state index in [1.54, 1.807) is 48.4 Å². The van der Waals surface area contributed by atoms with Crippen LogP contribution in [0.1, 0.15) is 5.56 Å². The van der Waals surface area contributed by atoms with Gasteiger partial charge in [-0.2, -0.15) is 0 Å². The van der Waals surface area contributed by atoms with Crippen LogP contribution in [0, 0.1) is 0 Å². The third kappa shape index (κ3) is 4.77. The van der Waals surface area contributed by atoms with Crippen LogP contribution in [0.5, 0.6) is 11.5 Å². The Morgan fingerprint density at radius 3 is 2.53 bits per heavy atom. The summed E-state index contributed by atoms with van der Waals surface area (Å²) in [7, 11) is 3.15. The number of urea groups is 1. The summed E-state index contributed by atoms with van der Waals surface area (Å²) in [4.78, 5) is 37.5. The molecule has 9 nitrogen and oxygen atoms in total. The highest BCUT2D eigenvalue weighted by Crippen LogP contribution is 2.34. The van der Waals surface area contributed by atoms with Crippen molar-refractivity contribution in [3.8, 4) is 11.5 Å². The van der Waals surface area contributed by atoms with Crippen molar-refractivity contribution in [2.75, 3.05) is 64.9 Å². The molecule has 0 aliphatic carbocycles. The Morgan fingerprint density at radius 2 is 1.84 bits per heavy atom. The summed E-state index contributed by atoms with van der Waals surface area (Å²) in [5, 5.41) is 0. The minimum absolute atomic E-state index is 0.0150. The van der Waals surface area contributed by atoms with Crippen LogP contribution in [-0.2, 0) is 11.3 Å². The molecule has 9 heteroatoms. The first-order chi connectivity index (χ1) is 15.6. The van der Waals surface area contributed by atoms with Gasteiger partial charge >= 0.3 is 6.03 Å². The van der Waals surface area contributed by atoms with E-state index in [2.05, 4.69) is 16.0 Å². The number of methoxy groups -OCH3 is 2. The summed E-state index contributed by atoms with van der Waals surface area (Å²) in [5.74, 6) is 1.23. The first kappa shape index (κ1) is 21.9. The standard InChI is InChI=1S/C23H29N5O4/c1-31-19-5-6-21(32-2)20(14-19)28-13-12-27(23(28)30)17-22(29)26-10-8-25(9-11-26)16-18-4-3-7-24-15-18/h3-7,14-15H,8-13,16-17H2,1-2H3. The molecule has 2 saturated heterocycles. The molecule has 1 aromatic heterocycles. The van der Waals surface area contributed by atoms with E-state index in [4.69, 9.17) is 9.47 Å². The summed E-state index contributed by atoms with van der Waals surface area (Å²) < 4.78 is 10.7. The second-order valence-electron chi connectivity index (χ2n) is 7.91. The van der Waals surface area contributed by atoms with E-state index in [-0.39, 0.29) is 18.5 Å². The monoisotopic (exact) mass is 439 g/mol. The molecule has 32 heavy (non-hydrogen) atoms. The van der Waals surface area contributed by atoms with Crippen molar-refractivity contribution in [1.29, 1.82) is 0 Å². The predicted molar refractivity (Wildman–Crippen MR) is 120 cm³/mol. The molecule has 170 valence electrons. The number of aromatic nitrogens is 1. The molecular weight excluding hydrogens is 410 g/mol. The van der Waals surface area contributed by atoms with Crippen LogP contribution in [0.15, 0.2) is 42.7 Å². The number of pyridine rings is 1. The van der Waals surface area contributed by atoms with Crippen LogP contribution in [0.4, 0.5) is 10.5 Å². The van der Waals surface area contributed by atoms with Crippen molar-refractivity contribution in [1.82, 2.24) is 19.7 Å². The third-order valence-electron chi connectivity index (χ3n) is 5.95. The molecule has 2 aliphatic rings. The molecule has 3 amide bonds. The molecule has 0 N–H and O–H groups in total. The quantitative estimate of drug-likeness (QED) is 0.653. The van der Waals surface area contributed by atoms with Crippen LogP contribution < -0.4 is 14.4 Å². The molecule has 0 radical (unpaired) electrons. The van der Waals surface area contributed by atoms with E-state index in [1.807, 2.05) is 17.2 Å². The highest BCUT2D eigenvalue weighted by Gasteiger charge is 2.34. The molecule has 0 atom stereocenters. The lowest BCUT2D eigenvalue weighted by molar-refractivity contribution is -0.133. The molecule has 4 rings (SSSR count). The normalized spacial score (nSPS) is 17.1. The Kier molecular flexibility index (Phi) is 6.75. The van der Waals surface area contributed by atoms with Gasteiger partial charge in [-0.15, -0.1) is 0 Å². The van der Waals surface area contributed by atoms with Gasteiger partial charge in [-0.25, -0.2) is 4.79 Å². The number of anilines is 1. The molecule has 0 spiro atoms. The fourth-order valence-corrected chi connectivity index (χ4v) is 4.13. The number of hydrogen-bond acceptors (Lipinski definition) is 6. The van der Waals surface area contributed by atoms with E-state index in [0.717, 1.165) is 19.6 Å². The van der Waals surface area contributed by atoms with Crippen molar-refractivity contribution in [2.45, 2.75) is 6.54 Å². The van der Waals surface area contributed by atoms with E-state index >= 15 is 0 Å². The molecule has 2 fully saturated rings. The topological polar surface area (TPSA) is 78.5 Å². The summed E-state index contributed by atoms with van der Waals surface area (Å²) >= 11 is 0. The summed E-state index contributed by atoms with van der Waals surface area (Å²) in [5.41, 5.74) is 1.82. The number of nitrogens with zero attached hydrogens (tertiary/aromatic N) is 5. The number of carbonyl (C=O) groups is 2. The number of hydrogen-bond donors (Lipinski definition) is 0. The average Bonchev–Trinajstić information content (AvgIpc) is 3.19. The first-order valence-corrected chi connectivity index (χ1v) is 10.8. The van der Waals surface area contributed by atoms with E-state index in [1.165, 1.54) is 5.56 Å². The minimum atomic E-state index is -0.194. The molecule has 2 aromatic rings. The average molecular weight is 440 g/mol. The van der Waals surface area contributed by atoms with Gasteiger partial charge in [0.05, 0.1) is 19.9 Å². The summed E-state index contributed by atoms with van der Waals surface area (Å²) in [6, 6.07) is 9.15. The van der Waals surface area contributed by atoms with Crippen LogP contribution >= 0.6 is 0 Å². The smallest absolute Gasteiger partial charge is 0.325 e. The Balaban J connectivity index is 1.32. The SMILES string of the molecule is COc1ccc(OC)c(N2CCN(CC(=O)N3CCN(Cc4cccnc4)CC3)C2=O)c1. The second kappa shape index (κ2) is 9.86. The molecule has 1 aromatic carbocycles. The van der Waals surface area contributed by atoms with Gasteiger partial charge in [-0.3, -0.25) is 19.6 Å². The molecular formula is C23H29N5O4. The predicted octanol–water partition coefficient (Wildman–Crippen LogP) is 1.69. The second-order valence-corrected chi connectivity index (χ2v) is 7.91. The fourth-order valence-electron chi connectivity index (χ4n) is 4.13. The number of carbonyl (C=O) groups excluding carboxylic acids is 2. The Morgan fingerprint density at radius 1 is 1.03 bits per heavy atom. The maximum atomic E-state index is 13.0. The summed E-state index contributed by atoms with van der Waals surface area (Å²) in [6.45, 7) is 4.84. The van der Waals surface area contributed by atoms with Gasteiger partial charge in [-0.1, -0.05) is 6.07 Å². The van der Waals surface area contributed by atoms with Crippen molar-refractivity contribution in [2.24, 2.45) is 0 Å². The summed E-state index contributed by atoms with van der Waals surface area (Å²) in [6.07, 6.45) is 3.64. The zero-order valence-electron chi connectivity index (χ0n) is 18.6. The van der Waals surface area contributed by atoms with Gasteiger partial charge in [0, 0.05) is 64.3 Å². The molecule has 2 aliphatic heterocycles. The van der Waals surface area contributed by atoms with Gasteiger partial charge in [0.1, 0.15) is 18.0 Å². The maximum absolute atomic E-state index is 13.0. The Labute approximate surface area is 188 Å². The van der Waals surface area contributed by atoms with Crippen molar-refractivity contribution < 1.29 is 19.1 Å². The highest BCUT2D eigenvalue weighted by atomic mass is 16.5. The number of amides is 3. The van der Waals surface area contributed by atoms with Crippen LogP contribution in [0.3, 0.4) is 0 Å². The van der Waals surface area contributed by atoms with Crippen molar-refractivity contribution >= 4 is 17.6 Å². The maximum Gasteiger partial charge on any atom is 0.325 e. The zero-order valence-corrected chi connectivity index (χ0v) is 18.6. The van der Waals surface area contributed by atoms with Gasteiger partial charge in [0.25, 0.3) is 0 Å². The largest absolute Gasteiger partial charge is 0.497 e. The number of piperazine rings is 1. The van der Waals surface area contributed by atoms with Crippen molar-refractivity contribution in [3.05, 3.63) is 48.3 Å². The van der Waals surface area contributed by atoms with Crippen LogP contribution in [0.2, 0.25) is 0 Å². The Bertz CT molecular complexity index is 947. The van der Waals surface area contributed by atoms with Gasteiger partial charge in [0.2, 0.25) is 5.91 Å². The highest BCUT2D eigenvalue weighted by molar-refractivity contribution is 5.98. The molecule has 3 heterocycles. The Hall–Kier alpha value is -3.33. The van der Waals surface area contributed by atoms with Gasteiger partial charge in [-0.05, 0) is 23.8 Å². The number of benzene rings is 1. The lowest BCUT2D eigenvalue weighted by atomic mass is 10.2. The van der Waals surface area contributed by atoms with E-state index in [9.17, 15) is 9.59 Å². The minimum Gasteiger partial charge on any atom is -0.497 e. The van der Waals surface area contributed by atoms with Crippen molar-refractivity contribution in [3.63, 3.8) is 0 Å². The van der Waals surface area contributed by atoms with Crippen LogP contribution in [0.25, 0.3) is 0 Å². The van der Waals surface area contributed by atoms with Crippen LogP contribution in [-0.4, -0.2) is 91.7 Å².